The van der Waals surface area contributed by atoms with Gasteiger partial charge in [0.25, 0.3) is 5.91 Å². The van der Waals surface area contributed by atoms with Gasteiger partial charge in [0.15, 0.2) is 0 Å². The Morgan fingerprint density at radius 3 is 2.58 bits per heavy atom. The lowest BCUT2D eigenvalue weighted by Crippen LogP contribution is -2.04. The molecule has 0 unspecified atom stereocenters. The molecule has 0 fully saturated rings. The number of amides is 1. The average molecular weight is 525 g/mol. The summed E-state index contributed by atoms with van der Waals surface area (Å²) >= 11 is 6.59. The standard InChI is InChI=1S/C31H25ClN2O4/c1-18-9-10-19(13-21(18)14-30(36)37)5-4-7-22-25-15-24(26(32)16-28(25)34-31(22)38)20-11-12-27(33-17-20)23-6-2-3-8-29(23)35/h2-3,6-13,15-17,35H,4-5,14H2,1H3,(H,34,38)(H,36,37)/b22-7-. The van der Waals surface area contributed by atoms with Gasteiger partial charge in [-0.3, -0.25) is 14.6 Å². The number of hydrogen-bond donors (Lipinski definition) is 3. The number of aromatic nitrogens is 1. The summed E-state index contributed by atoms with van der Waals surface area (Å²) in [6.07, 6.45) is 4.90. The number of carboxylic acid groups (broad SMARTS) is 1. The number of carbonyl (C=O) groups excluding carboxylic acids is 1. The fourth-order valence-electron chi connectivity index (χ4n) is 4.65. The maximum absolute atomic E-state index is 12.8. The van der Waals surface area contributed by atoms with Gasteiger partial charge in [-0.15, -0.1) is 0 Å². The highest BCUT2D eigenvalue weighted by atomic mass is 35.5. The number of benzene rings is 3. The number of allylic oxidation sites excluding steroid dienone is 1. The van der Waals surface area contributed by atoms with Crippen molar-refractivity contribution in [3.8, 4) is 28.1 Å². The molecule has 190 valence electrons. The minimum atomic E-state index is -0.857. The Bertz CT molecular complexity index is 1590. The molecule has 3 N–H and O–H groups in total. The molecule has 38 heavy (non-hydrogen) atoms. The Hall–Kier alpha value is -4.42. The molecule has 1 aliphatic rings. The number of carboxylic acids is 1. The molecular weight excluding hydrogens is 500 g/mol. The quantitative estimate of drug-likeness (QED) is 0.234. The molecule has 0 radical (unpaired) electrons. The van der Waals surface area contributed by atoms with Gasteiger partial charge in [0, 0.05) is 34.0 Å². The van der Waals surface area contributed by atoms with Crippen molar-refractivity contribution in [1.29, 1.82) is 0 Å². The van der Waals surface area contributed by atoms with Crippen LogP contribution in [-0.4, -0.2) is 27.1 Å². The van der Waals surface area contributed by atoms with Crippen LogP contribution in [0.3, 0.4) is 0 Å². The molecule has 1 aliphatic heterocycles. The summed E-state index contributed by atoms with van der Waals surface area (Å²) in [4.78, 5) is 28.4. The van der Waals surface area contributed by atoms with Crippen LogP contribution in [0.1, 0.15) is 28.7 Å². The van der Waals surface area contributed by atoms with Crippen LogP contribution in [0.15, 0.2) is 79.0 Å². The fourth-order valence-corrected chi connectivity index (χ4v) is 4.93. The molecule has 1 amide bonds. The van der Waals surface area contributed by atoms with Crippen LogP contribution >= 0.6 is 11.6 Å². The molecule has 6 nitrogen and oxygen atoms in total. The number of halogens is 1. The second kappa shape index (κ2) is 10.5. The number of fused-ring (bicyclic) bond motifs is 1. The van der Waals surface area contributed by atoms with Crippen molar-refractivity contribution in [2.45, 2.75) is 26.2 Å². The van der Waals surface area contributed by atoms with E-state index in [-0.39, 0.29) is 18.1 Å². The van der Waals surface area contributed by atoms with Crippen LogP contribution in [0.2, 0.25) is 5.02 Å². The second-order valence-corrected chi connectivity index (χ2v) is 9.68. The summed E-state index contributed by atoms with van der Waals surface area (Å²) in [6, 6.07) is 20.2. The number of hydrogen-bond acceptors (Lipinski definition) is 4. The Balaban J connectivity index is 1.39. The molecule has 0 saturated carbocycles. The third kappa shape index (κ3) is 5.17. The van der Waals surface area contributed by atoms with Crippen molar-refractivity contribution in [2.24, 2.45) is 0 Å². The number of para-hydroxylation sites is 1. The first kappa shape index (κ1) is 25.2. The minimum absolute atomic E-state index is 0.0115. The molecule has 2 heterocycles. The first-order valence-electron chi connectivity index (χ1n) is 12.2. The zero-order chi connectivity index (χ0) is 26.8. The van der Waals surface area contributed by atoms with E-state index in [1.54, 1.807) is 30.5 Å². The van der Waals surface area contributed by atoms with Crippen molar-refractivity contribution >= 4 is 34.7 Å². The Labute approximate surface area is 225 Å². The van der Waals surface area contributed by atoms with E-state index in [1.165, 1.54) is 0 Å². The molecule has 1 aromatic heterocycles. The average Bonchev–Trinajstić information content (AvgIpc) is 3.19. The van der Waals surface area contributed by atoms with Crippen LogP contribution in [0.4, 0.5) is 5.69 Å². The maximum atomic E-state index is 12.8. The molecule has 3 aromatic carbocycles. The first-order chi connectivity index (χ1) is 18.3. The number of pyridine rings is 1. The largest absolute Gasteiger partial charge is 0.507 e. The molecule has 4 aromatic rings. The molecule has 0 atom stereocenters. The number of nitrogens with one attached hydrogen (secondary N) is 1. The summed E-state index contributed by atoms with van der Waals surface area (Å²) in [7, 11) is 0. The van der Waals surface area contributed by atoms with Crippen molar-refractivity contribution in [1.82, 2.24) is 4.98 Å². The predicted octanol–water partition coefficient (Wildman–Crippen LogP) is 6.68. The third-order valence-electron chi connectivity index (χ3n) is 6.68. The number of phenols is 1. The summed E-state index contributed by atoms with van der Waals surface area (Å²) in [6.45, 7) is 1.90. The lowest BCUT2D eigenvalue weighted by molar-refractivity contribution is -0.136. The Morgan fingerprint density at radius 1 is 1.03 bits per heavy atom. The third-order valence-corrected chi connectivity index (χ3v) is 6.99. The van der Waals surface area contributed by atoms with E-state index in [4.69, 9.17) is 16.7 Å². The summed E-state index contributed by atoms with van der Waals surface area (Å²) in [5.74, 6) is -0.882. The molecule has 0 saturated heterocycles. The fraction of sp³-hybridized carbons (Fsp3) is 0.129. The van der Waals surface area contributed by atoms with Gasteiger partial charge in [0.2, 0.25) is 0 Å². The molecular formula is C31H25ClN2O4. The first-order valence-corrected chi connectivity index (χ1v) is 12.6. The Kier molecular flexibility index (Phi) is 6.99. The van der Waals surface area contributed by atoms with E-state index in [0.717, 1.165) is 33.4 Å². The predicted molar refractivity (Wildman–Crippen MR) is 149 cm³/mol. The van der Waals surface area contributed by atoms with Crippen molar-refractivity contribution in [3.63, 3.8) is 0 Å². The lowest BCUT2D eigenvalue weighted by atomic mass is 9.97. The van der Waals surface area contributed by atoms with E-state index < -0.39 is 5.97 Å². The highest BCUT2D eigenvalue weighted by Crippen LogP contribution is 2.40. The molecule has 0 bridgehead atoms. The van der Waals surface area contributed by atoms with Crippen molar-refractivity contribution in [2.75, 3.05) is 5.32 Å². The number of carbonyl (C=O) groups is 2. The van der Waals surface area contributed by atoms with Gasteiger partial charge >= 0.3 is 5.97 Å². The van der Waals surface area contributed by atoms with Gasteiger partial charge in [0.1, 0.15) is 5.75 Å². The van der Waals surface area contributed by atoms with Crippen LogP contribution in [0.25, 0.3) is 28.0 Å². The zero-order valence-corrected chi connectivity index (χ0v) is 21.4. The van der Waals surface area contributed by atoms with Gasteiger partial charge < -0.3 is 15.5 Å². The normalized spacial score (nSPS) is 13.4. The topological polar surface area (TPSA) is 99.5 Å². The van der Waals surface area contributed by atoms with E-state index in [0.29, 0.717) is 40.4 Å². The zero-order valence-electron chi connectivity index (χ0n) is 20.7. The number of anilines is 1. The monoisotopic (exact) mass is 524 g/mol. The maximum Gasteiger partial charge on any atom is 0.307 e. The van der Waals surface area contributed by atoms with Crippen LogP contribution in [0, 0.1) is 6.92 Å². The summed E-state index contributed by atoms with van der Waals surface area (Å²) in [5.41, 5.74) is 7.61. The number of aryl methyl sites for hydroxylation is 2. The van der Waals surface area contributed by atoms with Gasteiger partial charge in [-0.2, -0.15) is 0 Å². The molecule has 7 heteroatoms. The van der Waals surface area contributed by atoms with Gasteiger partial charge in [-0.05, 0) is 66.8 Å². The highest BCUT2D eigenvalue weighted by molar-refractivity contribution is 6.36. The minimum Gasteiger partial charge on any atom is -0.507 e. The van der Waals surface area contributed by atoms with E-state index in [9.17, 15) is 14.7 Å². The molecule has 0 spiro atoms. The highest BCUT2D eigenvalue weighted by Gasteiger charge is 2.25. The number of aliphatic carboxylic acids is 1. The smallest absolute Gasteiger partial charge is 0.307 e. The number of rotatable bonds is 7. The van der Waals surface area contributed by atoms with Crippen LogP contribution < -0.4 is 5.32 Å². The number of phenolic OH excluding ortho intramolecular Hbond substituents is 1. The van der Waals surface area contributed by atoms with E-state index in [1.807, 2.05) is 55.5 Å². The number of aromatic hydroxyl groups is 1. The summed E-state index contributed by atoms with van der Waals surface area (Å²) in [5, 5.41) is 22.7. The van der Waals surface area contributed by atoms with Crippen molar-refractivity contribution in [3.05, 3.63) is 106 Å². The van der Waals surface area contributed by atoms with Gasteiger partial charge in [-0.25, -0.2) is 0 Å². The molecule has 0 aliphatic carbocycles. The van der Waals surface area contributed by atoms with Crippen LogP contribution in [-0.2, 0) is 22.4 Å². The van der Waals surface area contributed by atoms with E-state index in [2.05, 4.69) is 10.3 Å². The van der Waals surface area contributed by atoms with Gasteiger partial charge in [0.05, 0.1) is 22.8 Å². The van der Waals surface area contributed by atoms with E-state index >= 15 is 0 Å². The Morgan fingerprint density at radius 2 is 1.84 bits per heavy atom. The van der Waals surface area contributed by atoms with Crippen LogP contribution in [0.5, 0.6) is 5.75 Å². The summed E-state index contributed by atoms with van der Waals surface area (Å²) < 4.78 is 0. The SMILES string of the molecule is Cc1ccc(CC/C=C2\C(=O)Nc3cc(Cl)c(-c4ccc(-c5ccccc5O)nc4)cc32)cc1CC(=O)O. The molecule has 5 rings (SSSR count). The lowest BCUT2D eigenvalue weighted by Gasteiger charge is -2.10. The number of nitrogens with zero attached hydrogens (tertiary/aromatic N) is 1. The second-order valence-electron chi connectivity index (χ2n) is 9.27. The van der Waals surface area contributed by atoms with Gasteiger partial charge in [-0.1, -0.05) is 54.1 Å². The van der Waals surface area contributed by atoms with Crippen molar-refractivity contribution < 1.29 is 19.8 Å².